The summed E-state index contributed by atoms with van der Waals surface area (Å²) < 4.78 is 23.5. The van der Waals surface area contributed by atoms with Gasteiger partial charge in [0, 0.05) is 28.7 Å². The minimum Gasteiger partial charge on any atom is -0.295 e. The van der Waals surface area contributed by atoms with Crippen LogP contribution in [0, 0.1) is 0 Å². The Morgan fingerprint density at radius 1 is 1.19 bits per heavy atom. The van der Waals surface area contributed by atoms with Crippen molar-refractivity contribution in [1.29, 1.82) is 0 Å². The molecule has 1 aromatic carbocycles. The van der Waals surface area contributed by atoms with Crippen molar-refractivity contribution >= 4 is 31.5 Å². The van der Waals surface area contributed by atoms with E-state index in [9.17, 15) is 22.8 Å². The topological polar surface area (TPSA) is 115 Å². The van der Waals surface area contributed by atoms with Crippen LogP contribution in [0.25, 0.3) is 11.3 Å². The van der Waals surface area contributed by atoms with E-state index in [1.807, 2.05) is 0 Å². The Morgan fingerprint density at radius 2 is 1.96 bits per heavy atom. The molecule has 0 aliphatic carbocycles. The summed E-state index contributed by atoms with van der Waals surface area (Å²) in [7, 11) is 1.57. The zero-order valence-electron chi connectivity index (χ0n) is 13.4. The molecule has 2 heterocycles. The lowest BCUT2D eigenvalue weighted by Crippen LogP contribution is -2.45. The second-order valence-corrected chi connectivity index (χ2v) is 8.63. The lowest BCUT2D eigenvalue weighted by Gasteiger charge is -2.22. The molecule has 26 heavy (non-hydrogen) atoms. The van der Waals surface area contributed by atoms with Crippen LogP contribution in [-0.4, -0.2) is 30.0 Å². The molecular formula is C16H14ClN3O5S. The fraction of sp³-hybridized carbons (Fsp3) is 0.250. The maximum atomic E-state index is 12.1. The van der Waals surface area contributed by atoms with Crippen molar-refractivity contribution < 1.29 is 18.0 Å². The summed E-state index contributed by atoms with van der Waals surface area (Å²) in [6.45, 7) is 0. The molecule has 8 nitrogen and oxygen atoms in total. The highest BCUT2D eigenvalue weighted by Crippen LogP contribution is 2.21. The smallest absolute Gasteiger partial charge is 0.267 e. The highest BCUT2D eigenvalue weighted by molar-refractivity contribution is 8.13. The van der Waals surface area contributed by atoms with Gasteiger partial charge in [-0.15, -0.1) is 0 Å². The summed E-state index contributed by atoms with van der Waals surface area (Å²) in [4.78, 5) is 35.4. The Balaban J connectivity index is 1.98. The SMILES string of the molecule is O=C1CCC(n2nc(-c3cccc(CS(=O)(=O)Cl)c3)ccc2=O)C(=O)N1. The van der Waals surface area contributed by atoms with Gasteiger partial charge in [-0.1, -0.05) is 18.2 Å². The van der Waals surface area contributed by atoms with Crippen LogP contribution in [0.2, 0.25) is 0 Å². The van der Waals surface area contributed by atoms with Gasteiger partial charge in [0.05, 0.1) is 11.4 Å². The molecule has 0 saturated carbocycles. The molecule has 1 atom stereocenters. The molecule has 1 saturated heterocycles. The summed E-state index contributed by atoms with van der Waals surface area (Å²) in [5.41, 5.74) is 0.966. The van der Waals surface area contributed by atoms with Crippen molar-refractivity contribution in [2.75, 3.05) is 0 Å². The second-order valence-electron chi connectivity index (χ2n) is 5.85. The number of halogens is 1. The molecule has 3 rings (SSSR count). The van der Waals surface area contributed by atoms with Crippen LogP contribution >= 0.6 is 10.7 Å². The number of carbonyl (C=O) groups excluding carboxylic acids is 2. The average molecular weight is 396 g/mol. The molecule has 2 amide bonds. The standard InChI is InChI=1S/C16H14ClN3O5S/c17-26(24,25)9-10-2-1-3-11(8-10)12-4-7-15(22)20(19-12)13-5-6-14(21)18-16(13)23/h1-4,7-8,13H,5-6,9H2,(H,18,21,23). The lowest BCUT2D eigenvalue weighted by atomic mass is 10.1. The van der Waals surface area contributed by atoms with Gasteiger partial charge in [0.15, 0.2) is 0 Å². The average Bonchev–Trinajstić information content (AvgIpc) is 2.54. The monoisotopic (exact) mass is 395 g/mol. The maximum Gasteiger partial charge on any atom is 0.267 e. The van der Waals surface area contributed by atoms with E-state index in [0.29, 0.717) is 16.8 Å². The van der Waals surface area contributed by atoms with Crippen molar-refractivity contribution in [3.63, 3.8) is 0 Å². The molecule has 1 unspecified atom stereocenters. The van der Waals surface area contributed by atoms with Crippen LogP contribution in [0.4, 0.5) is 0 Å². The minimum atomic E-state index is -3.71. The van der Waals surface area contributed by atoms with Crippen LogP contribution in [-0.2, 0) is 24.4 Å². The van der Waals surface area contributed by atoms with E-state index < -0.39 is 26.6 Å². The summed E-state index contributed by atoms with van der Waals surface area (Å²) in [6, 6.07) is 8.45. The third-order valence-corrected chi connectivity index (χ3v) is 4.90. The van der Waals surface area contributed by atoms with Crippen LogP contribution in [0.1, 0.15) is 24.4 Å². The molecule has 1 fully saturated rings. The first-order chi connectivity index (χ1) is 12.2. The first-order valence-electron chi connectivity index (χ1n) is 7.68. The van der Waals surface area contributed by atoms with Gasteiger partial charge in [-0.3, -0.25) is 19.7 Å². The van der Waals surface area contributed by atoms with Gasteiger partial charge >= 0.3 is 0 Å². The number of rotatable bonds is 4. The number of nitrogens with one attached hydrogen (secondary N) is 1. The van der Waals surface area contributed by atoms with Gasteiger partial charge in [-0.05, 0) is 24.1 Å². The third kappa shape index (κ3) is 4.17. The van der Waals surface area contributed by atoms with Crippen molar-refractivity contribution in [2.24, 2.45) is 0 Å². The summed E-state index contributed by atoms with van der Waals surface area (Å²) >= 11 is 0. The summed E-state index contributed by atoms with van der Waals surface area (Å²) in [5.74, 6) is -1.30. The zero-order chi connectivity index (χ0) is 18.9. The molecule has 2 aromatic rings. The molecule has 0 bridgehead atoms. The van der Waals surface area contributed by atoms with Crippen molar-refractivity contribution in [3.05, 3.63) is 52.3 Å². The molecule has 136 valence electrons. The molecular weight excluding hydrogens is 382 g/mol. The number of piperidine rings is 1. The Morgan fingerprint density at radius 3 is 2.65 bits per heavy atom. The number of hydrogen-bond acceptors (Lipinski definition) is 6. The van der Waals surface area contributed by atoms with Crippen LogP contribution < -0.4 is 10.9 Å². The van der Waals surface area contributed by atoms with Crippen molar-refractivity contribution in [1.82, 2.24) is 15.1 Å². The molecule has 1 aliphatic heterocycles. The van der Waals surface area contributed by atoms with Gasteiger partial charge < -0.3 is 0 Å². The molecule has 1 aliphatic rings. The lowest BCUT2D eigenvalue weighted by molar-refractivity contribution is -0.136. The van der Waals surface area contributed by atoms with E-state index in [0.717, 1.165) is 4.68 Å². The van der Waals surface area contributed by atoms with Gasteiger partial charge in [-0.25, -0.2) is 13.1 Å². The van der Waals surface area contributed by atoms with Crippen LogP contribution in [0.15, 0.2) is 41.2 Å². The number of imide groups is 1. The molecule has 10 heteroatoms. The van der Waals surface area contributed by atoms with Crippen LogP contribution in [0.5, 0.6) is 0 Å². The fourth-order valence-corrected chi connectivity index (χ4v) is 3.69. The molecule has 1 N–H and O–H groups in total. The summed E-state index contributed by atoms with van der Waals surface area (Å²) in [6.07, 6.45) is 0.309. The third-order valence-electron chi connectivity index (χ3n) is 3.89. The van der Waals surface area contributed by atoms with E-state index in [2.05, 4.69) is 10.4 Å². The Labute approximate surface area is 153 Å². The van der Waals surface area contributed by atoms with Gasteiger partial charge in [0.25, 0.3) is 11.5 Å². The number of carbonyl (C=O) groups is 2. The van der Waals surface area contributed by atoms with E-state index in [-0.39, 0.29) is 24.5 Å². The predicted octanol–water partition coefficient (Wildman–Crippen LogP) is 0.957. The van der Waals surface area contributed by atoms with Gasteiger partial charge in [-0.2, -0.15) is 5.10 Å². The van der Waals surface area contributed by atoms with Gasteiger partial charge in [0.1, 0.15) is 6.04 Å². The Hall–Kier alpha value is -2.52. The number of hydrogen-bond donors (Lipinski definition) is 1. The zero-order valence-corrected chi connectivity index (χ0v) is 15.0. The van der Waals surface area contributed by atoms with E-state index in [1.54, 1.807) is 24.3 Å². The van der Waals surface area contributed by atoms with Gasteiger partial charge in [0.2, 0.25) is 15.0 Å². The minimum absolute atomic E-state index is 0.123. The Kier molecular flexibility index (Phi) is 4.92. The number of amides is 2. The number of nitrogens with zero attached hydrogens (tertiary/aromatic N) is 2. The highest BCUT2D eigenvalue weighted by Gasteiger charge is 2.29. The quantitative estimate of drug-likeness (QED) is 0.609. The molecule has 0 radical (unpaired) electrons. The molecule has 0 spiro atoms. The normalized spacial score (nSPS) is 17.8. The van der Waals surface area contributed by atoms with Crippen LogP contribution in [0.3, 0.4) is 0 Å². The molecule has 1 aromatic heterocycles. The highest BCUT2D eigenvalue weighted by atomic mass is 35.7. The summed E-state index contributed by atoms with van der Waals surface area (Å²) in [5, 5.41) is 6.42. The van der Waals surface area contributed by atoms with E-state index in [4.69, 9.17) is 10.7 Å². The van der Waals surface area contributed by atoms with E-state index in [1.165, 1.54) is 12.1 Å². The largest absolute Gasteiger partial charge is 0.295 e. The van der Waals surface area contributed by atoms with E-state index >= 15 is 0 Å². The Bertz CT molecular complexity index is 1050. The number of benzene rings is 1. The second kappa shape index (κ2) is 7.00. The predicted molar refractivity (Wildman–Crippen MR) is 93.8 cm³/mol. The van der Waals surface area contributed by atoms with Crippen molar-refractivity contribution in [3.8, 4) is 11.3 Å². The number of aromatic nitrogens is 2. The fourth-order valence-electron chi connectivity index (χ4n) is 2.74. The maximum absolute atomic E-state index is 12.1. The first kappa shape index (κ1) is 18.3. The first-order valence-corrected chi connectivity index (χ1v) is 10.2. The van der Waals surface area contributed by atoms with Crippen molar-refractivity contribution in [2.45, 2.75) is 24.6 Å².